The zero-order valence-corrected chi connectivity index (χ0v) is 16.4. The van der Waals surface area contributed by atoms with E-state index in [4.69, 9.17) is 21.6 Å². The van der Waals surface area contributed by atoms with Gasteiger partial charge in [-0.2, -0.15) is 31.6 Å². The first-order chi connectivity index (χ1) is 15.3. The van der Waals surface area contributed by atoms with Gasteiger partial charge >= 0.3 is 12.4 Å². The minimum atomic E-state index is -5.13. The lowest BCUT2D eigenvalue weighted by molar-refractivity contribution is -0.143. The molecule has 1 aromatic carbocycles. The molecule has 9 nitrogen and oxygen atoms in total. The number of hydrogen-bond acceptors (Lipinski definition) is 7. The number of nitrogens with one attached hydrogen (secondary N) is 1. The maximum atomic E-state index is 13.4. The second-order valence-corrected chi connectivity index (χ2v) is 6.63. The first kappa shape index (κ1) is 23.7. The molecule has 3 aromatic rings. The van der Waals surface area contributed by atoms with E-state index in [1.54, 1.807) is 11.1 Å². The molecule has 0 aliphatic rings. The van der Waals surface area contributed by atoms with Crippen LogP contribution in [0, 0.1) is 11.3 Å². The highest BCUT2D eigenvalue weighted by Gasteiger charge is 2.39. The Labute approximate surface area is 182 Å². The van der Waals surface area contributed by atoms with Crippen LogP contribution in [0.5, 0.6) is 11.5 Å². The Morgan fingerprint density at radius 3 is 2.30 bits per heavy atom. The van der Waals surface area contributed by atoms with Crippen LogP contribution in [0.3, 0.4) is 0 Å². The number of halogens is 7. The fourth-order valence-corrected chi connectivity index (χ4v) is 2.69. The average Bonchev–Trinajstić information content (AvgIpc) is 2.68. The Hall–Kier alpha value is -3.93. The van der Waals surface area contributed by atoms with Crippen LogP contribution in [0.2, 0.25) is 5.02 Å². The molecule has 0 aliphatic heterocycles. The largest absolute Gasteiger partial charge is 0.449 e. The maximum absolute atomic E-state index is 13.4. The summed E-state index contributed by atoms with van der Waals surface area (Å²) in [5.74, 6) is -2.26. The average molecular weight is 493 g/mol. The number of nitriles is 1. The van der Waals surface area contributed by atoms with Crippen molar-refractivity contribution in [1.29, 1.82) is 5.26 Å². The van der Waals surface area contributed by atoms with Crippen LogP contribution in [0.1, 0.15) is 22.8 Å². The first-order valence-electron chi connectivity index (χ1n) is 8.38. The fourth-order valence-electron chi connectivity index (χ4n) is 2.47. The number of rotatable bonds is 4. The van der Waals surface area contributed by atoms with Crippen molar-refractivity contribution in [3.8, 4) is 17.6 Å². The molecule has 0 unspecified atom stereocenters. The van der Waals surface area contributed by atoms with Crippen LogP contribution in [0.15, 0.2) is 34.1 Å². The molecule has 2 heterocycles. The number of ether oxygens (including phenoxy) is 1. The molecule has 3 rings (SSSR count). The molecular formula is C17H7ClF6N6O3. The number of alkyl halides is 6. The van der Waals surface area contributed by atoms with Gasteiger partial charge in [0.2, 0.25) is 11.4 Å². The lowest BCUT2D eigenvalue weighted by Crippen LogP contribution is -2.30. The van der Waals surface area contributed by atoms with Gasteiger partial charge in [0.05, 0.1) is 24.5 Å². The van der Waals surface area contributed by atoms with Gasteiger partial charge < -0.3 is 9.72 Å². The standard InChI is InChI=1S/C17H7ClF6N6O3/c18-8-1-7(4-25)2-9(3-8)33-11-12(16(19,20)21)26-6-30(15(11)32)5-10-27-14(31)13(29-28-10)17(22,23)24/h1-3,6H,5H2,(H,27,28,31). The third-order valence-corrected chi connectivity index (χ3v) is 4.04. The third-order valence-electron chi connectivity index (χ3n) is 3.82. The minimum absolute atomic E-state index is 0.0700. The van der Waals surface area contributed by atoms with Crippen LogP contribution in [0.25, 0.3) is 0 Å². The van der Waals surface area contributed by atoms with E-state index < -0.39 is 53.0 Å². The van der Waals surface area contributed by atoms with Crippen molar-refractivity contribution in [1.82, 2.24) is 24.7 Å². The highest BCUT2D eigenvalue weighted by atomic mass is 35.5. The smallest absolute Gasteiger partial charge is 0.440 e. The zero-order valence-electron chi connectivity index (χ0n) is 15.6. The van der Waals surface area contributed by atoms with Gasteiger partial charge in [-0.25, -0.2) is 4.98 Å². The van der Waals surface area contributed by atoms with Crippen molar-refractivity contribution in [2.45, 2.75) is 18.9 Å². The van der Waals surface area contributed by atoms with Gasteiger partial charge in [0.1, 0.15) is 5.75 Å². The van der Waals surface area contributed by atoms with Gasteiger partial charge in [-0.1, -0.05) is 11.6 Å². The Morgan fingerprint density at radius 2 is 1.73 bits per heavy atom. The van der Waals surface area contributed by atoms with Crippen LogP contribution in [-0.4, -0.2) is 24.7 Å². The van der Waals surface area contributed by atoms with Gasteiger partial charge in [-0.05, 0) is 18.2 Å². The summed E-state index contributed by atoms with van der Waals surface area (Å²) in [6.07, 6.45) is -9.78. The third kappa shape index (κ3) is 5.29. The summed E-state index contributed by atoms with van der Waals surface area (Å²) in [6.45, 7) is -0.792. The molecule has 0 saturated heterocycles. The van der Waals surface area contributed by atoms with E-state index in [9.17, 15) is 35.9 Å². The minimum Gasteiger partial charge on any atom is -0.449 e. The molecule has 0 radical (unpaired) electrons. The summed E-state index contributed by atoms with van der Waals surface area (Å²) in [6, 6.07) is 4.95. The molecule has 0 spiro atoms. The summed E-state index contributed by atoms with van der Waals surface area (Å²) in [7, 11) is 0. The van der Waals surface area contributed by atoms with E-state index in [-0.39, 0.29) is 16.3 Å². The quantitative estimate of drug-likeness (QED) is 0.554. The monoisotopic (exact) mass is 492 g/mol. The highest BCUT2D eigenvalue weighted by Crippen LogP contribution is 2.35. The van der Waals surface area contributed by atoms with Crippen molar-refractivity contribution in [3.63, 3.8) is 0 Å². The summed E-state index contributed by atoms with van der Waals surface area (Å²) >= 11 is 5.78. The SMILES string of the molecule is N#Cc1cc(Cl)cc(Oc2c(C(F)(F)F)ncn(Cc3nnc(C(F)(F)F)c(=O)[nH]3)c2=O)c1. The van der Waals surface area contributed by atoms with Gasteiger partial charge in [-0.15, -0.1) is 10.2 Å². The van der Waals surface area contributed by atoms with E-state index in [0.717, 1.165) is 12.1 Å². The van der Waals surface area contributed by atoms with Crippen LogP contribution in [-0.2, 0) is 18.9 Å². The van der Waals surface area contributed by atoms with E-state index in [0.29, 0.717) is 10.9 Å². The Morgan fingerprint density at radius 1 is 1.06 bits per heavy atom. The second-order valence-electron chi connectivity index (χ2n) is 6.19. The molecule has 172 valence electrons. The molecule has 33 heavy (non-hydrogen) atoms. The highest BCUT2D eigenvalue weighted by molar-refractivity contribution is 6.30. The van der Waals surface area contributed by atoms with Crippen molar-refractivity contribution in [2.24, 2.45) is 0 Å². The number of benzene rings is 1. The van der Waals surface area contributed by atoms with E-state index in [2.05, 4.69) is 15.2 Å². The molecule has 0 bridgehead atoms. The number of hydrogen-bond donors (Lipinski definition) is 1. The van der Waals surface area contributed by atoms with Crippen molar-refractivity contribution >= 4 is 11.6 Å². The van der Waals surface area contributed by atoms with Crippen LogP contribution >= 0.6 is 11.6 Å². The molecular weight excluding hydrogens is 486 g/mol. The van der Waals surface area contributed by atoms with Gasteiger partial charge in [0.25, 0.3) is 11.1 Å². The van der Waals surface area contributed by atoms with E-state index in [1.165, 1.54) is 6.07 Å². The molecule has 16 heteroatoms. The molecule has 0 fully saturated rings. The molecule has 2 aromatic heterocycles. The number of nitrogens with zero attached hydrogens (tertiary/aromatic N) is 5. The number of aromatic nitrogens is 5. The predicted molar refractivity (Wildman–Crippen MR) is 96.5 cm³/mol. The normalized spacial score (nSPS) is 11.8. The summed E-state index contributed by atoms with van der Waals surface area (Å²) < 4.78 is 83.6. The van der Waals surface area contributed by atoms with Gasteiger partial charge in [-0.3, -0.25) is 14.2 Å². The predicted octanol–water partition coefficient (Wildman–Crippen LogP) is 3.12. The lowest BCUT2D eigenvalue weighted by Gasteiger charge is -2.14. The Kier molecular flexibility index (Phi) is 6.14. The summed E-state index contributed by atoms with van der Waals surface area (Å²) in [5.41, 5.74) is -6.72. The van der Waals surface area contributed by atoms with Crippen molar-refractivity contribution < 1.29 is 31.1 Å². The van der Waals surface area contributed by atoms with Crippen LogP contribution in [0.4, 0.5) is 26.3 Å². The summed E-state index contributed by atoms with van der Waals surface area (Å²) in [4.78, 5) is 29.1. The Balaban J connectivity index is 2.07. The number of aromatic amines is 1. The Bertz CT molecular complexity index is 1380. The van der Waals surface area contributed by atoms with Crippen molar-refractivity contribution in [2.75, 3.05) is 0 Å². The van der Waals surface area contributed by atoms with Gasteiger partial charge in [0.15, 0.2) is 11.5 Å². The lowest BCUT2D eigenvalue weighted by atomic mass is 10.2. The molecule has 0 amide bonds. The second kappa shape index (κ2) is 8.54. The molecule has 0 aliphatic carbocycles. The first-order valence-corrected chi connectivity index (χ1v) is 8.75. The summed E-state index contributed by atoms with van der Waals surface area (Å²) in [5, 5.41) is 14.8. The number of H-pyrrole nitrogens is 1. The molecule has 1 N–H and O–H groups in total. The van der Waals surface area contributed by atoms with Crippen LogP contribution < -0.4 is 15.9 Å². The fraction of sp³-hybridized carbons (Fsp3) is 0.176. The topological polar surface area (TPSA) is 127 Å². The maximum Gasteiger partial charge on any atom is 0.440 e. The van der Waals surface area contributed by atoms with E-state index >= 15 is 0 Å². The zero-order chi connectivity index (χ0) is 24.6. The van der Waals surface area contributed by atoms with Gasteiger partial charge in [0, 0.05) is 5.02 Å². The van der Waals surface area contributed by atoms with Crippen molar-refractivity contribution in [3.05, 3.63) is 73.0 Å². The molecule has 0 saturated carbocycles. The van der Waals surface area contributed by atoms with E-state index in [1.807, 2.05) is 0 Å². The molecule has 0 atom stereocenters.